The summed E-state index contributed by atoms with van der Waals surface area (Å²) in [5.41, 5.74) is 2.40. The van der Waals surface area contributed by atoms with Gasteiger partial charge in [0.1, 0.15) is 0 Å². The molecule has 4 bridgehead atoms. The lowest BCUT2D eigenvalue weighted by atomic mass is 9.54. The molecular weight excluding hydrogens is 474 g/mol. The number of urea groups is 1. The Kier molecular flexibility index (Phi) is 5.89. The summed E-state index contributed by atoms with van der Waals surface area (Å²) in [5.74, 6) is 2.79. The molecule has 7 rings (SSSR count). The van der Waals surface area contributed by atoms with Gasteiger partial charge in [0.15, 0.2) is 0 Å². The summed E-state index contributed by atoms with van der Waals surface area (Å²) in [5, 5.41) is 3.47. The first-order valence-corrected chi connectivity index (χ1v) is 15.6. The van der Waals surface area contributed by atoms with Crippen LogP contribution in [0.25, 0.3) is 0 Å². The van der Waals surface area contributed by atoms with E-state index in [9.17, 15) is 18.0 Å². The number of hydrogen-bond acceptors (Lipinski definition) is 4. The smallest absolute Gasteiger partial charge is 0.317 e. The molecule has 7 nitrogen and oxygen atoms in total. The van der Waals surface area contributed by atoms with Crippen molar-refractivity contribution in [2.24, 2.45) is 23.7 Å². The second kappa shape index (κ2) is 8.74. The molecule has 1 aromatic rings. The molecule has 1 spiro atoms. The number of rotatable bonds is 4. The first kappa shape index (κ1) is 24.3. The second-order valence-electron chi connectivity index (χ2n) is 12.5. The van der Waals surface area contributed by atoms with E-state index in [0.29, 0.717) is 17.9 Å². The van der Waals surface area contributed by atoms with E-state index in [2.05, 4.69) is 23.5 Å². The number of hydrogen-bond donors (Lipinski definition) is 1. The monoisotopic (exact) mass is 513 g/mol. The van der Waals surface area contributed by atoms with Crippen LogP contribution < -0.4 is 5.32 Å². The molecular formula is C28H39N3O4S. The molecule has 0 radical (unpaired) electrons. The molecule has 1 aliphatic heterocycles. The van der Waals surface area contributed by atoms with Crippen LogP contribution in [0.5, 0.6) is 0 Å². The van der Waals surface area contributed by atoms with Crippen LogP contribution in [0.3, 0.4) is 0 Å². The number of likely N-dealkylation sites (tertiary alicyclic amines) is 1. The van der Waals surface area contributed by atoms with Crippen LogP contribution in [0.15, 0.2) is 24.3 Å². The highest BCUT2D eigenvalue weighted by molar-refractivity contribution is 7.88. The van der Waals surface area contributed by atoms with E-state index in [0.717, 1.165) is 54.7 Å². The molecule has 0 aromatic heterocycles. The molecule has 1 N–H and O–H groups in total. The van der Waals surface area contributed by atoms with E-state index >= 15 is 0 Å². The molecule has 5 fully saturated rings. The van der Waals surface area contributed by atoms with Crippen LogP contribution in [-0.2, 0) is 20.2 Å². The van der Waals surface area contributed by atoms with Gasteiger partial charge in [-0.1, -0.05) is 24.3 Å². The van der Waals surface area contributed by atoms with Gasteiger partial charge in [-0.15, -0.1) is 0 Å². The molecule has 36 heavy (non-hydrogen) atoms. The normalized spacial score (nSPS) is 34.0. The van der Waals surface area contributed by atoms with Gasteiger partial charge in [-0.05, 0) is 97.5 Å². The van der Waals surface area contributed by atoms with Crippen molar-refractivity contribution >= 4 is 22.0 Å². The molecule has 1 saturated heterocycles. The summed E-state index contributed by atoms with van der Waals surface area (Å²) < 4.78 is 24.6. The zero-order valence-corrected chi connectivity index (χ0v) is 22.3. The van der Waals surface area contributed by atoms with Gasteiger partial charge in [0.25, 0.3) is 0 Å². The summed E-state index contributed by atoms with van der Waals surface area (Å²) >= 11 is 0. The molecule has 4 saturated carbocycles. The predicted molar refractivity (Wildman–Crippen MR) is 138 cm³/mol. The number of amides is 3. The molecule has 6 aliphatic rings. The zero-order chi connectivity index (χ0) is 25.2. The Morgan fingerprint density at radius 2 is 1.64 bits per heavy atom. The average molecular weight is 514 g/mol. The van der Waals surface area contributed by atoms with Crippen LogP contribution in [0.1, 0.15) is 74.8 Å². The van der Waals surface area contributed by atoms with E-state index in [1.54, 1.807) is 0 Å². The molecule has 1 unspecified atom stereocenters. The van der Waals surface area contributed by atoms with Gasteiger partial charge in [-0.25, -0.2) is 17.5 Å². The molecule has 1 heterocycles. The van der Waals surface area contributed by atoms with Crippen molar-refractivity contribution in [2.75, 3.05) is 26.4 Å². The lowest BCUT2D eigenvalue weighted by Gasteiger charge is -2.54. The van der Waals surface area contributed by atoms with Crippen molar-refractivity contribution in [1.82, 2.24) is 14.5 Å². The van der Waals surface area contributed by atoms with Gasteiger partial charge in [-0.3, -0.25) is 4.79 Å². The highest BCUT2D eigenvalue weighted by atomic mass is 32.2. The number of nitrogens with one attached hydrogen (secondary N) is 1. The van der Waals surface area contributed by atoms with Crippen molar-refractivity contribution in [3.63, 3.8) is 0 Å². The van der Waals surface area contributed by atoms with E-state index in [4.69, 9.17) is 0 Å². The summed E-state index contributed by atoms with van der Waals surface area (Å²) in [4.78, 5) is 28.1. The number of benzene rings is 1. The zero-order valence-electron chi connectivity index (χ0n) is 21.5. The minimum absolute atomic E-state index is 0.00586. The second-order valence-corrected chi connectivity index (χ2v) is 14.5. The van der Waals surface area contributed by atoms with E-state index in [1.165, 1.54) is 50.3 Å². The minimum Gasteiger partial charge on any atom is -0.335 e. The first-order chi connectivity index (χ1) is 17.1. The van der Waals surface area contributed by atoms with Crippen molar-refractivity contribution in [2.45, 2.75) is 75.2 Å². The number of fused-ring (bicyclic) bond motifs is 2. The van der Waals surface area contributed by atoms with E-state index in [1.807, 2.05) is 11.0 Å². The highest BCUT2D eigenvalue weighted by Gasteiger charge is 2.50. The van der Waals surface area contributed by atoms with Crippen LogP contribution in [0.4, 0.5) is 4.79 Å². The summed E-state index contributed by atoms with van der Waals surface area (Å²) in [6, 6.07) is 8.78. The van der Waals surface area contributed by atoms with Crippen molar-refractivity contribution < 1.29 is 18.0 Å². The standard InChI is InChI=1S/C28H39N3O4S/c1-30(36(2,34)35)25(32)16-22-17-28(24-6-4-3-5-23(22)24)7-9-31(10-8-28)27(33)29-26-20-12-18-11-19(14-20)15-21(26)13-18/h3-6,18-22,26H,7-17H2,1-2H3,(H,29,33). The first-order valence-electron chi connectivity index (χ1n) is 13.7. The molecule has 196 valence electrons. The highest BCUT2D eigenvalue weighted by Crippen LogP contribution is 2.54. The van der Waals surface area contributed by atoms with Crippen LogP contribution >= 0.6 is 0 Å². The van der Waals surface area contributed by atoms with Crippen molar-refractivity contribution in [3.05, 3.63) is 35.4 Å². The van der Waals surface area contributed by atoms with Crippen LogP contribution in [0, 0.1) is 23.7 Å². The summed E-state index contributed by atoms with van der Waals surface area (Å²) in [7, 11) is -2.22. The van der Waals surface area contributed by atoms with Gasteiger partial charge >= 0.3 is 6.03 Å². The third kappa shape index (κ3) is 4.13. The Morgan fingerprint density at radius 1 is 1.03 bits per heavy atom. The van der Waals surface area contributed by atoms with Gasteiger partial charge in [-0.2, -0.15) is 0 Å². The Balaban J connectivity index is 1.11. The van der Waals surface area contributed by atoms with Gasteiger partial charge in [0.2, 0.25) is 15.9 Å². The average Bonchev–Trinajstić information content (AvgIpc) is 3.13. The number of carbonyl (C=O) groups is 2. The van der Waals surface area contributed by atoms with E-state index in [-0.39, 0.29) is 29.7 Å². The lowest BCUT2D eigenvalue weighted by Crippen LogP contribution is -2.59. The number of carbonyl (C=O) groups excluding carboxylic acids is 2. The molecule has 5 aliphatic carbocycles. The quantitative estimate of drug-likeness (QED) is 0.663. The minimum atomic E-state index is -3.56. The predicted octanol–water partition coefficient (Wildman–Crippen LogP) is 3.85. The topological polar surface area (TPSA) is 86.8 Å². The Labute approximate surface area is 215 Å². The maximum Gasteiger partial charge on any atom is 0.317 e. The van der Waals surface area contributed by atoms with Crippen LogP contribution in [-0.4, -0.2) is 62.0 Å². The number of sulfonamides is 1. The van der Waals surface area contributed by atoms with Gasteiger partial charge < -0.3 is 10.2 Å². The van der Waals surface area contributed by atoms with Crippen molar-refractivity contribution in [1.29, 1.82) is 0 Å². The number of piperidine rings is 1. The summed E-state index contributed by atoms with van der Waals surface area (Å²) in [6.07, 6.45) is 10.5. The maximum absolute atomic E-state index is 13.3. The SMILES string of the molecule is CN(C(=O)CC1CC2(CCN(C(=O)NC3C4CC5CC(C4)CC3C5)CC2)c2ccccc21)S(C)(=O)=O. The Hall–Kier alpha value is -2.09. The van der Waals surface area contributed by atoms with Crippen LogP contribution in [0.2, 0.25) is 0 Å². The molecule has 8 heteroatoms. The number of nitrogens with zero attached hydrogens (tertiary/aromatic N) is 2. The Morgan fingerprint density at radius 3 is 2.25 bits per heavy atom. The lowest BCUT2D eigenvalue weighted by molar-refractivity contribution is -0.126. The molecule has 1 atom stereocenters. The summed E-state index contributed by atoms with van der Waals surface area (Å²) in [6.45, 7) is 1.44. The molecule has 3 amide bonds. The van der Waals surface area contributed by atoms with Crippen molar-refractivity contribution in [3.8, 4) is 0 Å². The van der Waals surface area contributed by atoms with E-state index < -0.39 is 10.0 Å². The largest absolute Gasteiger partial charge is 0.335 e. The maximum atomic E-state index is 13.3. The third-order valence-electron chi connectivity index (χ3n) is 10.4. The third-order valence-corrected chi connectivity index (χ3v) is 11.6. The van der Waals surface area contributed by atoms with Gasteiger partial charge in [0.05, 0.1) is 6.26 Å². The fourth-order valence-electron chi connectivity index (χ4n) is 8.74. The fraction of sp³-hybridized carbons (Fsp3) is 0.714. The molecule has 1 aromatic carbocycles. The Bertz CT molecular complexity index is 1130. The van der Waals surface area contributed by atoms with Gasteiger partial charge in [0, 0.05) is 32.6 Å². The fourth-order valence-corrected chi connectivity index (χ4v) is 9.18.